The lowest BCUT2D eigenvalue weighted by atomic mass is 9.47. The smallest absolute Gasteiger partial charge is 0.308 e. The second kappa shape index (κ2) is 23.0. The number of primary amides is 1. The number of nitrogens with one attached hydrogen (secondary N) is 1. The predicted octanol–water partition coefficient (Wildman–Crippen LogP) is 6.06. The zero-order chi connectivity index (χ0) is 39.8. The van der Waals surface area contributed by atoms with Crippen LogP contribution in [0.2, 0.25) is 0 Å². The topological polar surface area (TPSA) is 161 Å². The number of hydrogen-bond donors (Lipinski definition) is 3. The van der Waals surface area contributed by atoms with Gasteiger partial charge in [0.15, 0.2) is 0 Å². The first-order chi connectivity index (χ1) is 26.3. The van der Waals surface area contributed by atoms with E-state index in [1.807, 2.05) is 0 Å². The van der Waals surface area contributed by atoms with Gasteiger partial charge in [-0.1, -0.05) is 65.5 Å². The molecule has 0 aromatic heterocycles. The van der Waals surface area contributed by atoms with Crippen LogP contribution in [0.4, 0.5) is 0 Å². The van der Waals surface area contributed by atoms with Gasteiger partial charge in [-0.15, -0.1) is 11.8 Å². The van der Waals surface area contributed by atoms with Crippen LogP contribution in [0.15, 0.2) is 11.6 Å². The van der Waals surface area contributed by atoms with E-state index in [-0.39, 0.29) is 35.6 Å². The molecule has 0 aromatic rings. The normalized spacial score (nSPS) is 29.8. The van der Waals surface area contributed by atoms with Crippen molar-refractivity contribution in [1.82, 2.24) is 5.32 Å². The third kappa shape index (κ3) is 13.7. The van der Waals surface area contributed by atoms with Crippen LogP contribution in [0.5, 0.6) is 0 Å². The largest absolute Gasteiger partial charge is 0.462 e. The number of fused-ring (bicyclic) bond motifs is 5. The van der Waals surface area contributed by atoms with Gasteiger partial charge in [-0.3, -0.25) is 14.4 Å². The van der Waals surface area contributed by atoms with E-state index in [1.54, 1.807) is 5.57 Å². The molecule has 2 amide bonds. The zero-order valence-electron chi connectivity index (χ0n) is 34.8. The van der Waals surface area contributed by atoms with Gasteiger partial charge in [-0.25, -0.2) is 0 Å². The van der Waals surface area contributed by atoms with Gasteiger partial charge in [-0.2, -0.15) is 0 Å². The molecule has 0 aromatic carbocycles. The highest BCUT2D eigenvalue weighted by Gasteiger charge is 2.59. The van der Waals surface area contributed by atoms with Crippen molar-refractivity contribution in [2.75, 3.05) is 70.9 Å². The fourth-order valence-electron chi connectivity index (χ4n) is 10.6. The summed E-state index contributed by atoms with van der Waals surface area (Å²) in [6.07, 6.45) is 16.7. The monoisotopic (exact) mass is 794 g/mol. The highest BCUT2D eigenvalue weighted by atomic mass is 32.2. The van der Waals surface area contributed by atoms with Crippen molar-refractivity contribution in [2.24, 2.45) is 57.8 Å². The molecule has 4 rings (SSSR count). The molecule has 5 N–H and O–H groups in total. The minimum Gasteiger partial charge on any atom is -0.462 e. The summed E-state index contributed by atoms with van der Waals surface area (Å²) in [5.74, 6) is 4.59. The Labute approximate surface area is 336 Å². The molecular formula is C43H75N3O8S. The predicted molar refractivity (Wildman–Crippen MR) is 218 cm³/mol. The third-order valence-corrected chi connectivity index (χ3v) is 14.7. The first kappa shape index (κ1) is 46.0. The molecule has 4 aliphatic carbocycles. The van der Waals surface area contributed by atoms with Gasteiger partial charge in [0.05, 0.1) is 71.1 Å². The van der Waals surface area contributed by atoms with Gasteiger partial charge in [-0.05, 0) is 91.3 Å². The van der Waals surface area contributed by atoms with Crippen LogP contribution in [0.25, 0.3) is 0 Å². The van der Waals surface area contributed by atoms with E-state index >= 15 is 0 Å². The molecule has 0 spiro atoms. The number of carbonyl (C=O) groups is 3. The summed E-state index contributed by atoms with van der Waals surface area (Å²) in [6.45, 7) is 16.1. The zero-order valence-corrected chi connectivity index (χ0v) is 35.6. The number of ether oxygens (including phenoxy) is 5. The Hall–Kier alpha value is -1.70. The fourth-order valence-corrected chi connectivity index (χ4v) is 11.4. The second-order valence-electron chi connectivity index (χ2n) is 17.7. The second-order valence-corrected chi connectivity index (χ2v) is 18.7. The number of allylic oxidation sites excluding steroid dienone is 1. The molecule has 0 radical (unpaired) electrons. The van der Waals surface area contributed by atoms with E-state index in [2.05, 4.69) is 46.0 Å². The summed E-state index contributed by atoms with van der Waals surface area (Å²) >= 11 is 1.26. The minimum absolute atomic E-state index is 0.0227. The van der Waals surface area contributed by atoms with Gasteiger partial charge in [0.2, 0.25) is 11.8 Å². The summed E-state index contributed by atoms with van der Waals surface area (Å²) in [7, 11) is 0. The Kier molecular flexibility index (Phi) is 19.3. The van der Waals surface area contributed by atoms with Gasteiger partial charge < -0.3 is 40.5 Å². The van der Waals surface area contributed by atoms with Crippen LogP contribution >= 0.6 is 11.8 Å². The highest BCUT2D eigenvalue weighted by Crippen LogP contribution is 2.67. The number of carbonyl (C=O) groups excluding carboxylic acids is 3. The van der Waals surface area contributed by atoms with Crippen molar-refractivity contribution in [2.45, 2.75) is 124 Å². The lowest BCUT2D eigenvalue weighted by molar-refractivity contribution is -0.153. The Morgan fingerprint density at radius 2 is 1.55 bits per heavy atom. The average Bonchev–Trinajstić information content (AvgIpc) is 3.50. The minimum atomic E-state index is -0.748. The van der Waals surface area contributed by atoms with Crippen LogP contribution in [0.3, 0.4) is 0 Å². The molecule has 316 valence electrons. The molecule has 12 heteroatoms. The first-order valence-electron chi connectivity index (χ1n) is 21.4. The molecule has 1 unspecified atom stereocenters. The molecule has 0 bridgehead atoms. The number of nitrogens with two attached hydrogens (primary N) is 2. The molecule has 0 saturated heterocycles. The highest BCUT2D eigenvalue weighted by molar-refractivity contribution is 8.00. The van der Waals surface area contributed by atoms with Crippen molar-refractivity contribution >= 4 is 29.5 Å². The van der Waals surface area contributed by atoms with Crippen LogP contribution in [-0.2, 0) is 38.1 Å². The Morgan fingerprint density at radius 1 is 0.873 bits per heavy atom. The van der Waals surface area contributed by atoms with Crippen LogP contribution < -0.4 is 16.8 Å². The summed E-state index contributed by atoms with van der Waals surface area (Å²) in [5, 5.41) is 2.74. The van der Waals surface area contributed by atoms with Crippen molar-refractivity contribution in [1.29, 1.82) is 0 Å². The molecule has 9 atom stereocenters. The molecule has 55 heavy (non-hydrogen) atoms. The molecule has 0 heterocycles. The summed E-state index contributed by atoms with van der Waals surface area (Å²) < 4.78 is 28.1. The van der Waals surface area contributed by atoms with E-state index in [4.69, 9.17) is 35.2 Å². The lowest BCUT2D eigenvalue weighted by Gasteiger charge is -2.58. The summed E-state index contributed by atoms with van der Waals surface area (Å²) in [5.41, 5.74) is 12.9. The number of thioether (sulfide) groups is 1. The lowest BCUT2D eigenvalue weighted by Crippen LogP contribution is -2.51. The van der Waals surface area contributed by atoms with Crippen LogP contribution in [0, 0.1) is 46.3 Å². The quantitative estimate of drug-likeness (QED) is 0.0534. The first-order valence-corrected chi connectivity index (χ1v) is 22.6. The summed E-state index contributed by atoms with van der Waals surface area (Å²) in [4.78, 5) is 35.4. The molecule has 4 aliphatic rings. The van der Waals surface area contributed by atoms with Crippen molar-refractivity contribution in [3.05, 3.63) is 11.6 Å². The van der Waals surface area contributed by atoms with Crippen LogP contribution in [-0.4, -0.2) is 101 Å². The third-order valence-electron chi connectivity index (χ3n) is 13.6. The van der Waals surface area contributed by atoms with E-state index < -0.39 is 11.9 Å². The SMILES string of the molecule is CC(C)CCC[C@@H](C)[C@H]1CC[C@H]2[C@@H]3CC=C4CC(OC(=O)CCOCCOCCOCCOCCNC(=O)CSC[C@H](N)C(N)=O)CC[C@]4(C)[C@H]3CC[C@]12C. The van der Waals surface area contributed by atoms with Crippen LogP contribution in [0.1, 0.15) is 112 Å². The molecule has 3 fully saturated rings. The molecule has 0 aliphatic heterocycles. The Balaban J connectivity index is 1.00. The van der Waals surface area contributed by atoms with Gasteiger partial charge >= 0.3 is 5.97 Å². The van der Waals surface area contributed by atoms with E-state index in [1.165, 1.54) is 63.1 Å². The fraction of sp³-hybridized carbons (Fsp3) is 0.884. The molecular weight excluding hydrogens is 719 g/mol. The number of rotatable bonds is 26. The maximum absolute atomic E-state index is 12.7. The maximum Gasteiger partial charge on any atom is 0.308 e. The van der Waals surface area contributed by atoms with Gasteiger partial charge in [0.1, 0.15) is 6.10 Å². The van der Waals surface area contributed by atoms with Crippen molar-refractivity contribution in [3.63, 3.8) is 0 Å². The number of hydrogen-bond acceptors (Lipinski definition) is 10. The Bertz CT molecular complexity index is 1240. The number of esters is 1. The van der Waals surface area contributed by atoms with E-state index in [0.29, 0.717) is 70.6 Å². The van der Waals surface area contributed by atoms with Gasteiger partial charge in [0, 0.05) is 18.7 Å². The molecule has 11 nitrogen and oxygen atoms in total. The summed E-state index contributed by atoms with van der Waals surface area (Å²) in [6, 6.07) is -0.748. The molecule has 3 saturated carbocycles. The van der Waals surface area contributed by atoms with Gasteiger partial charge in [0.25, 0.3) is 0 Å². The van der Waals surface area contributed by atoms with E-state index in [9.17, 15) is 14.4 Å². The number of amides is 2. The maximum atomic E-state index is 12.7. The average molecular weight is 794 g/mol. The Morgan fingerprint density at radius 3 is 2.22 bits per heavy atom. The standard InChI is InChI=1S/C43H75N3O8S/c1-30(2)7-6-8-31(3)35-11-12-36-34-10-9-32-27-33(13-16-42(32,4)37(34)14-17-43(35,36)5)54-40(48)15-19-50-21-23-52-25-26-53-24-22-51-20-18-46-39(47)29-55-28-38(44)41(45)49/h9,30-31,33-38H,6-8,10-29,44H2,1-5H3,(H2,45,49)(H,46,47)/t31-,33?,34+,35-,36+,37+,38+,42+,43-/m1/s1. The van der Waals surface area contributed by atoms with E-state index in [0.717, 1.165) is 54.8 Å². The van der Waals surface area contributed by atoms with Crippen molar-refractivity contribution < 1.29 is 38.1 Å². The van der Waals surface area contributed by atoms with Crippen molar-refractivity contribution in [3.8, 4) is 0 Å².